The molecule has 0 aliphatic carbocycles. The van der Waals surface area contributed by atoms with Gasteiger partial charge in [-0.2, -0.15) is 0 Å². The number of para-hydroxylation sites is 3. The fourth-order valence-corrected chi connectivity index (χ4v) is 3.60. The molecule has 0 N–H and O–H groups in total. The SMILES string of the molecule is CCOc1ccccc1N1CCN(Cc2cnc3ccccc3c2)CC1. The number of pyridine rings is 1. The maximum absolute atomic E-state index is 5.79. The van der Waals surface area contributed by atoms with E-state index >= 15 is 0 Å². The van der Waals surface area contributed by atoms with Crippen molar-refractivity contribution in [3.8, 4) is 5.75 Å². The lowest BCUT2D eigenvalue weighted by atomic mass is 10.1. The third-order valence-electron chi connectivity index (χ3n) is 4.93. The number of rotatable bonds is 5. The van der Waals surface area contributed by atoms with Gasteiger partial charge >= 0.3 is 0 Å². The van der Waals surface area contributed by atoms with Gasteiger partial charge in [-0.15, -0.1) is 0 Å². The van der Waals surface area contributed by atoms with Crippen LogP contribution in [0.25, 0.3) is 10.9 Å². The Morgan fingerprint density at radius 2 is 1.73 bits per heavy atom. The maximum Gasteiger partial charge on any atom is 0.142 e. The molecular formula is C22H25N3O. The van der Waals surface area contributed by atoms with Crippen molar-refractivity contribution < 1.29 is 4.74 Å². The van der Waals surface area contributed by atoms with Crippen molar-refractivity contribution in [1.29, 1.82) is 0 Å². The van der Waals surface area contributed by atoms with Gasteiger partial charge in [0, 0.05) is 44.3 Å². The van der Waals surface area contributed by atoms with Crippen molar-refractivity contribution in [2.24, 2.45) is 0 Å². The summed E-state index contributed by atoms with van der Waals surface area (Å²) in [7, 11) is 0. The highest BCUT2D eigenvalue weighted by Crippen LogP contribution is 2.29. The Bertz CT molecular complexity index is 872. The zero-order valence-electron chi connectivity index (χ0n) is 15.3. The van der Waals surface area contributed by atoms with E-state index in [0.29, 0.717) is 6.61 Å². The molecule has 0 radical (unpaired) electrons. The Labute approximate surface area is 155 Å². The molecule has 0 saturated carbocycles. The number of nitrogens with zero attached hydrogens (tertiary/aromatic N) is 3. The molecule has 1 fully saturated rings. The lowest BCUT2D eigenvalue weighted by Crippen LogP contribution is -2.46. The summed E-state index contributed by atoms with van der Waals surface area (Å²) >= 11 is 0. The molecule has 3 aromatic rings. The molecule has 4 heteroatoms. The summed E-state index contributed by atoms with van der Waals surface area (Å²) in [5, 5.41) is 1.22. The summed E-state index contributed by atoms with van der Waals surface area (Å²) in [6, 6.07) is 18.9. The smallest absolute Gasteiger partial charge is 0.142 e. The zero-order chi connectivity index (χ0) is 17.8. The van der Waals surface area contributed by atoms with Gasteiger partial charge in [0.1, 0.15) is 5.75 Å². The number of hydrogen-bond acceptors (Lipinski definition) is 4. The molecule has 0 atom stereocenters. The Hall–Kier alpha value is -2.59. The van der Waals surface area contributed by atoms with E-state index in [0.717, 1.165) is 44.0 Å². The van der Waals surface area contributed by atoms with Gasteiger partial charge in [0.2, 0.25) is 0 Å². The molecule has 2 heterocycles. The van der Waals surface area contributed by atoms with Crippen LogP contribution in [0.3, 0.4) is 0 Å². The third kappa shape index (κ3) is 3.65. The largest absolute Gasteiger partial charge is 0.492 e. The highest BCUT2D eigenvalue weighted by Gasteiger charge is 2.19. The topological polar surface area (TPSA) is 28.6 Å². The maximum atomic E-state index is 5.79. The van der Waals surface area contributed by atoms with Gasteiger partial charge in [-0.25, -0.2) is 0 Å². The van der Waals surface area contributed by atoms with E-state index in [4.69, 9.17) is 4.74 Å². The van der Waals surface area contributed by atoms with Crippen LogP contribution in [0.4, 0.5) is 5.69 Å². The fourth-order valence-electron chi connectivity index (χ4n) is 3.60. The zero-order valence-corrected chi connectivity index (χ0v) is 15.3. The van der Waals surface area contributed by atoms with Crippen LogP contribution in [0.1, 0.15) is 12.5 Å². The minimum atomic E-state index is 0.700. The number of ether oxygens (including phenoxy) is 1. The first-order valence-electron chi connectivity index (χ1n) is 9.36. The van der Waals surface area contributed by atoms with Crippen molar-refractivity contribution in [2.45, 2.75) is 13.5 Å². The summed E-state index contributed by atoms with van der Waals surface area (Å²) < 4.78 is 5.79. The fraction of sp³-hybridized carbons (Fsp3) is 0.318. The summed E-state index contributed by atoms with van der Waals surface area (Å²) in [5.74, 6) is 0.988. The number of anilines is 1. The molecule has 134 valence electrons. The van der Waals surface area contributed by atoms with Gasteiger partial charge in [0.15, 0.2) is 0 Å². The average molecular weight is 347 g/mol. The number of piperazine rings is 1. The second-order valence-electron chi connectivity index (χ2n) is 6.70. The first kappa shape index (κ1) is 16.9. The van der Waals surface area contributed by atoms with Crippen LogP contribution >= 0.6 is 0 Å². The number of fused-ring (bicyclic) bond motifs is 1. The highest BCUT2D eigenvalue weighted by molar-refractivity contribution is 5.78. The molecule has 0 amide bonds. The van der Waals surface area contributed by atoms with Crippen molar-refractivity contribution in [1.82, 2.24) is 9.88 Å². The second-order valence-corrected chi connectivity index (χ2v) is 6.70. The molecular weight excluding hydrogens is 322 g/mol. The highest BCUT2D eigenvalue weighted by atomic mass is 16.5. The third-order valence-corrected chi connectivity index (χ3v) is 4.93. The molecule has 1 aliphatic heterocycles. The van der Waals surface area contributed by atoms with E-state index in [1.54, 1.807) is 0 Å². The Morgan fingerprint density at radius 3 is 2.58 bits per heavy atom. The molecule has 1 saturated heterocycles. The second kappa shape index (κ2) is 7.75. The van der Waals surface area contributed by atoms with Crippen molar-refractivity contribution >= 4 is 16.6 Å². The lowest BCUT2D eigenvalue weighted by Gasteiger charge is -2.36. The van der Waals surface area contributed by atoms with Crippen molar-refractivity contribution in [3.63, 3.8) is 0 Å². The summed E-state index contributed by atoms with van der Waals surface area (Å²) in [4.78, 5) is 9.52. The molecule has 0 unspecified atom stereocenters. The monoisotopic (exact) mass is 347 g/mol. The van der Waals surface area contributed by atoms with E-state index in [-0.39, 0.29) is 0 Å². The summed E-state index contributed by atoms with van der Waals surface area (Å²) in [6.07, 6.45) is 2.01. The van der Waals surface area contributed by atoms with E-state index in [2.05, 4.69) is 57.2 Å². The average Bonchev–Trinajstić information content (AvgIpc) is 2.69. The number of benzene rings is 2. The minimum absolute atomic E-state index is 0.700. The standard InChI is InChI=1S/C22H25N3O/c1-2-26-22-10-6-5-9-21(22)25-13-11-24(12-14-25)17-18-15-19-7-3-4-8-20(19)23-16-18/h3-10,15-16H,2,11-14,17H2,1H3. The summed E-state index contributed by atoms with van der Waals surface area (Å²) in [5.41, 5.74) is 3.56. The van der Waals surface area contributed by atoms with E-state index < -0.39 is 0 Å². The molecule has 1 aromatic heterocycles. The van der Waals surface area contributed by atoms with Crippen LogP contribution < -0.4 is 9.64 Å². The van der Waals surface area contributed by atoms with Crippen molar-refractivity contribution in [3.05, 3.63) is 66.4 Å². The number of hydrogen-bond donors (Lipinski definition) is 0. The van der Waals surface area contributed by atoms with Gasteiger partial charge in [-0.3, -0.25) is 9.88 Å². The van der Waals surface area contributed by atoms with Crippen LogP contribution in [0, 0.1) is 0 Å². The lowest BCUT2D eigenvalue weighted by molar-refractivity contribution is 0.248. The minimum Gasteiger partial charge on any atom is -0.492 e. The molecule has 1 aliphatic rings. The van der Waals surface area contributed by atoms with Crippen LogP contribution in [-0.4, -0.2) is 42.7 Å². The Kier molecular flexibility index (Phi) is 5.02. The first-order chi connectivity index (χ1) is 12.8. The molecule has 4 nitrogen and oxygen atoms in total. The summed E-state index contributed by atoms with van der Waals surface area (Å²) in [6.45, 7) is 7.83. The Balaban J connectivity index is 1.40. The quantitative estimate of drug-likeness (QED) is 0.699. The molecule has 2 aromatic carbocycles. The predicted molar refractivity (Wildman–Crippen MR) is 107 cm³/mol. The van der Waals surface area contributed by atoms with Gasteiger partial charge in [-0.1, -0.05) is 30.3 Å². The predicted octanol–water partition coefficient (Wildman–Crippen LogP) is 3.96. The van der Waals surface area contributed by atoms with Crippen LogP contribution in [0.15, 0.2) is 60.8 Å². The van der Waals surface area contributed by atoms with E-state index in [1.807, 2.05) is 25.3 Å². The van der Waals surface area contributed by atoms with E-state index in [1.165, 1.54) is 16.6 Å². The van der Waals surface area contributed by atoms with E-state index in [9.17, 15) is 0 Å². The van der Waals surface area contributed by atoms with Gasteiger partial charge < -0.3 is 9.64 Å². The van der Waals surface area contributed by atoms with Gasteiger partial charge in [-0.05, 0) is 36.8 Å². The molecule has 0 spiro atoms. The Morgan fingerprint density at radius 1 is 0.962 bits per heavy atom. The molecule has 26 heavy (non-hydrogen) atoms. The van der Waals surface area contributed by atoms with Gasteiger partial charge in [0.05, 0.1) is 17.8 Å². The van der Waals surface area contributed by atoms with Crippen LogP contribution in [-0.2, 0) is 6.54 Å². The van der Waals surface area contributed by atoms with Crippen LogP contribution in [0.2, 0.25) is 0 Å². The molecule has 0 bridgehead atoms. The van der Waals surface area contributed by atoms with Gasteiger partial charge in [0.25, 0.3) is 0 Å². The molecule has 4 rings (SSSR count). The first-order valence-corrected chi connectivity index (χ1v) is 9.36. The number of aromatic nitrogens is 1. The van der Waals surface area contributed by atoms with Crippen LogP contribution in [0.5, 0.6) is 5.75 Å². The van der Waals surface area contributed by atoms with Crippen molar-refractivity contribution in [2.75, 3.05) is 37.7 Å². The normalized spacial score (nSPS) is 15.3.